The highest BCUT2D eigenvalue weighted by Crippen LogP contribution is 2.30. The number of benzene rings is 1. The molecule has 0 bridgehead atoms. The summed E-state index contributed by atoms with van der Waals surface area (Å²) >= 11 is 0. The Labute approximate surface area is 154 Å². The first kappa shape index (κ1) is 19.9. The molecule has 2 rings (SSSR count). The van der Waals surface area contributed by atoms with Gasteiger partial charge in [-0.2, -0.15) is 0 Å². The van der Waals surface area contributed by atoms with Crippen LogP contribution < -0.4 is 14.8 Å². The molecule has 1 heterocycles. The number of piperidine rings is 1. The Bertz CT molecular complexity index is 639. The molecule has 1 aliphatic rings. The third kappa shape index (κ3) is 5.03. The minimum Gasteiger partial charge on any atom is -0.493 e. The predicted octanol–water partition coefficient (Wildman–Crippen LogP) is 2.29. The molecule has 1 saturated heterocycles. The van der Waals surface area contributed by atoms with E-state index in [1.165, 1.54) is 0 Å². The van der Waals surface area contributed by atoms with Crippen molar-refractivity contribution < 1.29 is 23.8 Å². The molecule has 2 amide bonds. The third-order valence-electron chi connectivity index (χ3n) is 4.58. The van der Waals surface area contributed by atoms with E-state index in [4.69, 9.17) is 14.2 Å². The molecule has 1 aromatic rings. The van der Waals surface area contributed by atoms with Gasteiger partial charge in [0, 0.05) is 19.1 Å². The molecule has 144 valence electrons. The zero-order chi connectivity index (χ0) is 19.1. The topological polar surface area (TPSA) is 77.1 Å². The number of hydrogen-bond acceptors (Lipinski definition) is 5. The van der Waals surface area contributed by atoms with E-state index in [-0.39, 0.29) is 24.5 Å². The van der Waals surface area contributed by atoms with Gasteiger partial charge in [0.05, 0.1) is 27.2 Å². The van der Waals surface area contributed by atoms with Crippen LogP contribution in [0, 0.1) is 6.92 Å². The Morgan fingerprint density at radius 1 is 1.15 bits per heavy atom. The second-order valence-corrected chi connectivity index (χ2v) is 6.34. The third-order valence-corrected chi connectivity index (χ3v) is 4.58. The first-order valence-corrected chi connectivity index (χ1v) is 8.91. The molecule has 1 N–H and O–H groups in total. The highest BCUT2D eigenvalue weighted by atomic mass is 16.6. The summed E-state index contributed by atoms with van der Waals surface area (Å²) in [5, 5.41) is 3.06. The Kier molecular flexibility index (Phi) is 7.12. The number of nitrogens with one attached hydrogen (secondary N) is 1. The maximum absolute atomic E-state index is 12.4. The number of rotatable bonds is 6. The van der Waals surface area contributed by atoms with Gasteiger partial charge in [0.25, 0.3) is 0 Å². The second-order valence-electron chi connectivity index (χ2n) is 6.34. The first-order chi connectivity index (χ1) is 12.5. The number of amides is 2. The minimum atomic E-state index is -0.279. The summed E-state index contributed by atoms with van der Waals surface area (Å²) in [5.41, 5.74) is 1.89. The van der Waals surface area contributed by atoms with Crippen LogP contribution in [0.3, 0.4) is 0 Å². The van der Waals surface area contributed by atoms with Gasteiger partial charge < -0.3 is 24.4 Å². The Hall–Kier alpha value is -2.44. The monoisotopic (exact) mass is 364 g/mol. The van der Waals surface area contributed by atoms with E-state index in [1.54, 1.807) is 26.0 Å². The lowest BCUT2D eigenvalue weighted by atomic mass is 10.0. The SMILES string of the molecule is CCOC(=O)N1CCC(NC(=O)Cc2cc(OC)c(OC)cc2C)CC1. The molecule has 7 nitrogen and oxygen atoms in total. The first-order valence-electron chi connectivity index (χ1n) is 8.91. The van der Waals surface area contributed by atoms with E-state index in [0.29, 0.717) is 31.2 Å². The number of likely N-dealkylation sites (tertiary alicyclic amines) is 1. The molecule has 7 heteroatoms. The van der Waals surface area contributed by atoms with Crippen LogP contribution in [0.2, 0.25) is 0 Å². The molecule has 0 aromatic heterocycles. The standard InChI is InChI=1S/C19H28N2O5/c1-5-26-19(23)21-8-6-15(7-9-21)20-18(22)12-14-11-17(25-4)16(24-3)10-13(14)2/h10-11,15H,5-9,12H2,1-4H3,(H,20,22). The molecule has 1 aliphatic heterocycles. The van der Waals surface area contributed by atoms with Crippen molar-refractivity contribution in [2.24, 2.45) is 0 Å². The number of nitrogens with zero attached hydrogens (tertiary/aromatic N) is 1. The summed E-state index contributed by atoms with van der Waals surface area (Å²) in [6.07, 6.45) is 1.47. The fourth-order valence-corrected chi connectivity index (χ4v) is 3.09. The van der Waals surface area contributed by atoms with Crippen molar-refractivity contribution in [2.45, 2.75) is 39.2 Å². The highest BCUT2D eigenvalue weighted by Gasteiger charge is 2.24. The predicted molar refractivity (Wildman–Crippen MR) is 97.7 cm³/mol. The van der Waals surface area contributed by atoms with Gasteiger partial charge in [-0.1, -0.05) is 0 Å². The molecule has 1 aromatic carbocycles. The van der Waals surface area contributed by atoms with Gasteiger partial charge in [0.15, 0.2) is 11.5 Å². The molecule has 1 fully saturated rings. The van der Waals surface area contributed by atoms with Gasteiger partial charge in [0.2, 0.25) is 5.91 Å². The van der Waals surface area contributed by atoms with Crippen LogP contribution in [-0.4, -0.2) is 56.9 Å². The molecule has 0 unspecified atom stereocenters. The lowest BCUT2D eigenvalue weighted by Gasteiger charge is -2.31. The molecule has 26 heavy (non-hydrogen) atoms. The number of hydrogen-bond donors (Lipinski definition) is 1. The zero-order valence-corrected chi connectivity index (χ0v) is 16.0. The molecule has 0 atom stereocenters. The summed E-state index contributed by atoms with van der Waals surface area (Å²) in [6.45, 7) is 5.31. The summed E-state index contributed by atoms with van der Waals surface area (Å²) in [6, 6.07) is 3.80. The Morgan fingerprint density at radius 3 is 2.35 bits per heavy atom. The van der Waals surface area contributed by atoms with Crippen LogP contribution in [0.4, 0.5) is 4.79 Å². The van der Waals surface area contributed by atoms with Crippen LogP contribution in [0.1, 0.15) is 30.9 Å². The fraction of sp³-hybridized carbons (Fsp3) is 0.579. The quantitative estimate of drug-likeness (QED) is 0.838. The van der Waals surface area contributed by atoms with Crippen LogP contribution in [0.5, 0.6) is 11.5 Å². The zero-order valence-electron chi connectivity index (χ0n) is 16.0. The Morgan fingerprint density at radius 2 is 1.77 bits per heavy atom. The lowest BCUT2D eigenvalue weighted by Crippen LogP contribution is -2.47. The molecule has 0 spiro atoms. The summed E-state index contributed by atoms with van der Waals surface area (Å²) in [7, 11) is 3.17. The summed E-state index contributed by atoms with van der Waals surface area (Å²) in [5.74, 6) is 1.24. The molecule has 0 aliphatic carbocycles. The molecular weight excluding hydrogens is 336 g/mol. The number of methoxy groups -OCH3 is 2. The van der Waals surface area contributed by atoms with E-state index < -0.39 is 0 Å². The van der Waals surface area contributed by atoms with Crippen molar-refractivity contribution in [3.8, 4) is 11.5 Å². The number of carbonyl (C=O) groups excluding carboxylic acids is 2. The van der Waals surface area contributed by atoms with Crippen molar-refractivity contribution in [3.05, 3.63) is 23.3 Å². The fourth-order valence-electron chi connectivity index (χ4n) is 3.09. The van der Waals surface area contributed by atoms with E-state index in [2.05, 4.69) is 5.32 Å². The van der Waals surface area contributed by atoms with E-state index >= 15 is 0 Å². The van der Waals surface area contributed by atoms with Gasteiger partial charge in [-0.05, 0) is 49.9 Å². The number of carbonyl (C=O) groups is 2. The normalized spacial score (nSPS) is 14.7. The number of ether oxygens (including phenoxy) is 3. The average Bonchev–Trinajstić information content (AvgIpc) is 2.63. The number of aryl methyl sites for hydroxylation is 1. The van der Waals surface area contributed by atoms with Crippen LogP contribution >= 0.6 is 0 Å². The van der Waals surface area contributed by atoms with Crippen molar-refractivity contribution in [1.82, 2.24) is 10.2 Å². The van der Waals surface area contributed by atoms with Gasteiger partial charge in [-0.15, -0.1) is 0 Å². The van der Waals surface area contributed by atoms with Crippen LogP contribution in [0.15, 0.2) is 12.1 Å². The summed E-state index contributed by atoms with van der Waals surface area (Å²) < 4.78 is 15.6. The second kappa shape index (κ2) is 9.31. The van der Waals surface area contributed by atoms with Crippen molar-refractivity contribution in [1.29, 1.82) is 0 Å². The van der Waals surface area contributed by atoms with E-state index in [1.807, 2.05) is 19.1 Å². The smallest absolute Gasteiger partial charge is 0.409 e. The molecular formula is C19H28N2O5. The van der Waals surface area contributed by atoms with Gasteiger partial charge in [-0.25, -0.2) is 4.79 Å². The highest BCUT2D eigenvalue weighted by molar-refractivity contribution is 5.79. The van der Waals surface area contributed by atoms with E-state index in [9.17, 15) is 9.59 Å². The lowest BCUT2D eigenvalue weighted by molar-refractivity contribution is -0.121. The minimum absolute atomic E-state index is 0.0325. The Balaban J connectivity index is 1.89. The van der Waals surface area contributed by atoms with Crippen LogP contribution in [-0.2, 0) is 16.0 Å². The maximum Gasteiger partial charge on any atom is 0.409 e. The van der Waals surface area contributed by atoms with Gasteiger partial charge in [-0.3, -0.25) is 4.79 Å². The van der Waals surface area contributed by atoms with Crippen molar-refractivity contribution >= 4 is 12.0 Å². The maximum atomic E-state index is 12.4. The molecule has 0 saturated carbocycles. The van der Waals surface area contributed by atoms with Crippen LogP contribution in [0.25, 0.3) is 0 Å². The largest absolute Gasteiger partial charge is 0.493 e. The van der Waals surface area contributed by atoms with Gasteiger partial charge >= 0.3 is 6.09 Å². The summed E-state index contributed by atoms with van der Waals surface area (Å²) in [4.78, 5) is 25.8. The molecule has 0 radical (unpaired) electrons. The van der Waals surface area contributed by atoms with Crippen molar-refractivity contribution in [2.75, 3.05) is 33.9 Å². The van der Waals surface area contributed by atoms with Crippen molar-refractivity contribution in [3.63, 3.8) is 0 Å². The van der Waals surface area contributed by atoms with Gasteiger partial charge in [0.1, 0.15) is 0 Å². The average molecular weight is 364 g/mol. The van der Waals surface area contributed by atoms with E-state index in [0.717, 1.165) is 24.0 Å².